The van der Waals surface area contributed by atoms with Crippen molar-refractivity contribution in [2.24, 2.45) is 5.73 Å². The van der Waals surface area contributed by atoms with Crippen LogP contribution >= 0.6 is 0 Å². The minimum absolute atomic E-state index is 0.0119. The average molecular weight is 316 g/mol. The van der Waals surface area contributed by atoms with Crippen molar-refractivity contribution in [3.63, 3.8) is 0 Å². The molecule has 2 amide bonds. The van der Waals surface area contributed by atoms with Gasteiger partial charge in [0, 0.05) is 12.1 Å². The van der Waals surface area contributed by atoms with Gasteiger partial charge in [-0.05, 0) is 24.3 Å². The number of hydrogen-bond acceptors (Lipinski definition) is 5. The summed E-state index contributed by atoms with van der Waals surface area (Å²) in [6, 6.07) is 3.46. The lowest BCUT2D eigenvalue weighted by atomic mass is 10.1. The molecule has 1 aromatic rings. The SMILES string of the molecule is NC(=O)[C@@H]1COCCN1C(=O)c1ccc(S(=O)(=O)F)cc1. The molecule has 2 rings (SSSR count). The maximum absolute atomic E-state index is 12.8. The van der Waals surface area contributed by atoms with Crippen LogP contribution < -0.4 is 5.73 Å². The summed E-state index contributed by atoms with van der Waals surface area (Å²) in [7, 11) is -4.81. The Kier molecular flexibility index (Phi) is 4.24. The van der Waals surface area contributed by atoms with Crippen molar-refractivity contribution >= 4 is 22.0 Å². The van der Waals surface area contributed by atoms with Crippen LogP contribution in [-0.4, -0.2) is 50.9 Å². The molecule has 1 saturated heterocycles. The smallest absolute Gasteiger partial charge is 0.332 e. The molecule has 1 heterocycles. The number of benzene rings is 1. The van der Waals surface area contributed by atoms with Gasteiger partial charge in [-0.15, -0.1) is 3.89 Å². The van der Waals surface area contributed by atoms with Gasteiger partial charge < -0.3 is 15.4 Å². The van der Waals surface area contributed by atoms with Gasteiger partial charge in [-0.3, -0.25) is 9.59 Å². The van der Waals surface area contributed by atoms with Crippen molar-refractivity contribution in [1.82, 2.24) is 4.90 Å². The van der Waals surface area contributed by atoms with Crippen LogP contribution in [-0.2, 0) is 19.8 Å². The number of nitrogens with zero attached hydrogens (tertiary/aromatic N) is 1. The molecule has 1 aliphatic heterocycles. The number of nitrogens with two attached hydrogens (primary N) is 1. The van der Waals surface area contributed by atoms with Crippen molar-refractivity contribution in [2.45, 2.75) is 10.9 Å². The molecule has 0 saturated carbocycles. The second-order valence-electron chi connectivity index (χ2n) is 4.45. The van der Waals surface area contributed by atoms with Crippen LogP contribution in [0.4, 0.5) is 3.89 Å². The molecule has 1 atom stereocenters. The number of rotatable bonds is 3. The Morgan fingerprint density at radius 3 is 2.43 bits per heavy atom. The molecule has 0 radical (unpaired) electrons. The van der Waals surface area contributed by atoms with E-state index in [9.17, 15) is 21.9 Å². The normalized spacial score (nSPS) is 19.3. The van der Waals surface area contributed by atoms with E-state index in [-0.39, 0.29) is 25.3 Å². The Morgan fingerprint density at radius 2 is 1.90 bits per heavy atom. The highest BCUT2D eigenvalue weighted by molar-refractivity contribution is 7.86. The highest BCUT2D eigenvalue weighted by Gasteiger charge is 2.32. The van der Waals surface area contributed by atoms with E-state index in [1.807, 2.05) is 0 Å². The maximum Gasteiger partial charge on any atom is 0.332 e. The second-order valence-corrected chi connectivity index (χ2v) is 5.80. The number of hydrogen-bond donors (Lipinski definition) is 1. The van der Waals surface area contributed by atoms with Crippen LogP contribution in [0.25, 0.3) is 0 Å². The molecule has 1 aliphatic rings. The number of morpholine rings is 1. The lowest BCUT2D eigenvalue weighted by molar-refractivity contribution is -0.127. The van der Waals surface area contributed by atoms with Gasteiger partial charge in [-0.2, -0.15) is 8.42 Å². The van der Waals surface area contributed by atoms with Crippen molar-refractivity contribution in [3.05, 3.63) is 29.8 Å². The Morgan fingerprint density at radius 1 is 1.29 bits per heavy atom. The number of ether oxygens (including phenoxy) is 1. The summed E-state index contributed by atoms with van der Waals surface area (Å²) in [5.74, 6) is -1.18. The summed E-state index contributed by atoms with van der Waals surface area (Å²) in [5.41, 5.74) is 5.35. The fourth-order valence-corrected chi connectivity index (χ4v) is 2.47. The summed E-state index contributed by atoms with van der Waals surface area (Å²) in [5, 5.41) is 0. The number of amides is 2. The number of carbonyl (C=O) groups excluding carboxylic acids is 2. The van der Waals surface area contributed by atoms with Gasteiger partial charge in [0.25, 0.3) is 5.91 Å². The van der Waals surface area contributed by atoms with Gasteiger partial charge in [0.2, 0.25) is 5.91 Å². The molecule has 2 N–H and O–H groups in total. The first kappa shape index (κ1) is 15.4. The number of carbonyl (C=O) groups is 2. The van der Waals surface area contributed by atoms with Crippen LogP contribution in [0.5, 0.6) is 0 Å². The summed E-state index contributed by atoms with van der Waals surface area (Å²) >= 11 is 0. The van der Waals surface area contributed by atoms with Gasteiger partial charge in [0.05, 0.1) is 18.1 Å². The van der Waals surface area contributed by atoms with Crippen LogP contribution in [0.3, 0.4) is 0 Å². The first-order chi connectivity index (χ1) is 9.80. The van der Waals surface area contributed by atoms with Crippen LogP contribution in [0, 0.1) is 0 Å². The third-order valence-corrected chi connectivity index (χ3v) is 3.94. The van der Waals surface area contributed by atoms with Gasteiger partial charge in [0.1, 0.15) is 6.04 Å². The Bertz CT molecular complexity index is 659. The predicted molar refractivity (Wildman–Crippen MR) is 69.6 cm³/mol. The van der Waals surface area contributed by atoms with Crippen LogP contribution in [0.15, 0.2) is 29.2 Å². The third-order valence-electron chi connectivity index (χ3n) is 3.10. The van der Waals surface area contributed by atoms with E-state index < -0.39 is 33.0 Å². The Hall–Kier alpha value is -2.00. The summed E-state index contributed by atoms with van der Waals surface area (Å²) in [6.45, 7) is 0.472. The van der Waals surface area contributed by atoms with Gasteiger partial charge >= 0.3 is 10.2 Å². The van der Waals surface area contributed by atoms with E-state index in [1.54, 1.807) is 0 Å². The molecular weight excluding hydrogens is 303 g/mol. The fourth-order valence-electron chi connectivity index (χ4n) is 2.01. The van der Waals surface area contributed by atoms with Crippen molar-refractivity contribution in [2.75, 3.05) is 19.8 Å². The quantitative estimate of drug-likeness (QED) is 0.769. The summed E-state index contributed by atoms with van der Waals surface area (Å²) in [6.07, 6.45) is 0. The topological polar surface area (TPSA) is 107 Å². The fraction of sp³-hybridized carbons (Fsp3) is 0.333. The van der Waals surface area contributed by atoms with Gasteiger partial charge in [0.15, 0.2) is 0 Å². The molecule has 1 fully saturated rings. The molecule has 9 heteroatoms. The lowest BCUT2D eigenvalue weighted by Gasteiger charge is -2.33. The highest BCUT2D eigenvalue weighted by atomic mass is 32.3. The monoisotopic (exact) mass is 316 g/mol. The molecule has 0 unspecified atom stereocenters. The van der Waals surface area contributed by atoms with Crippen molar-refractivity contribution in [3.8, 4) is 0 Å². The molecule has 7 nitrogen and oxygen atoms in total. The van der Waals surface area contributed by atoms with Gasteiger partial charge in [-0.1, -0.05) is 0 Å². The first-order valence-corrected chi connectivity index (χ1v) is 7.42. The van der Waals surface area contributed by atoms with Crippen LogP contribution in [0.1, 0.15) is 10.4 Å². The maximum atomic E-state index is 12.8. The molecule has 21 heavy (non-hydrogen) atoms. The predicted octanol–water partition coefficient (Wildman–Crippen LogP) is -0.329. The van der Waals surface area contributed by atoms with E-state index in [0.717, 1.165) is 12.1 Å². The van der Waals surface area contributed by atoms with Crippen LogP contribution in [0.2, 0.25) is 0 Å². The zero-order valence-electron chi connectivity index (χ0n) is 10.9. The average Bonchev–Trinajstić information content (AvgIpc) is 2.45. The number of halogens is 1. The van der Waals surface area contributed by atoms with E-state index in [2.05, 4.69) is 0 Å². The minimum Gasteiger partial charge on any atom is -0.377 e. The van der Waals surface area contributed by atoms with E-state index in [0.29, 0.717) is 0 Å². The molecule has 0 bridgehead atoms. The lowest BCUT2D eigenvalue weighted by Crippen LogP contribution is -2.54. The highest BCUT2D eigenvalue weighted by Crippen LogP contribution is 2.16. The third kappa shape index (κ3) is 3.37. The molecule has 0 aliphatic carbocycles. The zero-order chi connectivity index (χ0) is 15.6. The van der Waals surface area contributed by atoms with Crippen molar-refractivity contribution in [1.29, 1.82) is 0 Å². The number of primary amides is 1. The second kappa shape index (κ2) is 5.78. The minimum atomic E-state index is -4.81. The van der Waals surface area contributed by atoms with E-state index >= 15 is 0 Å². The molecule has 0 aromatic heterocycles. The first-order valence-electron chi connectivity index (χ1n) is 6.03. The Labute approximate surface area is 120 Å². The largest absolute Gasteiger partial charge is 0.377 e. The van der Waals surface area contributed by atoms with Gasteiger partial charge in [-0.25, -0.2) is 0 Å². The standard InChI is InChI=1S/C12H13FN2O5S/c13-21(18,19)9-3-1-8(2-4-9)12(17)15-5-6-20-7-10(15)11(14)16/h1-4,10H,5-7H2,(H2,14,16)/t10-/m0/s1. The molecule has 114 valence electrons. The molecule has 1 aromatic carbocycles. The van der Waals surface area contributed by atoms with E-state index in [4.69, 9.17) is 10.5 Å². The Balaban J connectivity index is 2.24. The molecule has 0 spiro atoms. The van der Waals surface area contributed by atoms with E-state index in [1.165, 1.54) is 17.0 Å². The summed E-state index contributed by atoms with van der Waals surface area (Å²) < 4.78 is 39.3. The summed E-state index contributed by atoms with van der Waals surface area (Å²) in [4.78, 5) is 24.3. The van der Waals surface area contributed by atoms with Crippen molar-refractivity contribution < 1.29 is 26.6 Å². The zero-order valence-corrected chi connectivity index (χ0v) is 11.7. The molecular formula is C12H13FN2O5S.